The Morgan fingerprint density at radius 1 is 0.966 bits per heavy atom. The lowest BCUT2D eigenvalue weighted by atomic mass is 10.0. The Balaban J connectivity index is 1.84. The molecule has 0 fully saturated rings. The first kappa shape index (κ1) is 22.4. The van der Waals surface area contributed by atoms with Crippen LogP contribution in [0.25, 0.3) is 0 Å². The molecule has 0 spiro atoms. The van der Waals surface area contributed by atoms with Crippen LogP contribution >= 0.6 is 0 Å². The summed E-state index contributed by atoms with van der Waals surface area (Å²) in [6, 6.07) is 15.3. The summed E-state index contributed by atoms with van der Waals surface area (Å²) in [6.45, 7) is 5.00. The van der Waals surface area contributed by atoms with Crippen molar-refractivity contribution in [1.29, 1.82) is 0 Å². The van der Waals surface area contributed by atoms with Crippen molar-refractivity contribution in [2.24, 2.45) is 0 Å². The van der Waals surface area contributed by atoms with Crippen LogP contribution in [0.15, 0.2) is 48.5 Å². The highest BCUT2D eigenvalue weighted by Crippen LogP contribution is 2.18. The summed E-state index contributed by atoms with van der Waals surface area (Å²) in [6.07, 6.45) is 0.998. The first-order valence-corrected chi connectivity index (χ1v) is 9.97. The number of nitrogens with one attached hydrogen (secondary N) is 2. The van der Waals surface area contributed by atoms with Crippen molar-refractivity contribution >= 4 is 11.8 Å². The monoisotopic (exact) mass is 397 g/mol. The topological polar surface area (TPSA) is 70.7 Å². The molecule has 29 heavy (non-hydrogen) atoms. The average molecular weight is 398 g/mol. The van der Waals surface area contributed by atoms with Crippen LogP contribution in [0.5, 0.6) is 5.75 Å². The van der Waals surface area contributed by atoms with Gasteiger partial charge >= 0.3 is 0 Å². The number of benzene rings is 2. The highest BCUT2D eigenvalue weighted by Gasteiger charge is 2.16. The molecule has 0 aliphatic rings. The largest absolute Gasteiger partial charge is 0.494 e. The van der Waals surface area contributed by atoms with Gasteiger partial charge in [-0.05, 0) is 62.8 Å². The van der Waals surface area contributed by atoms with Crippen molar-refractivity contribution < 1.29 is 14.3 Å². The molecular weight excluding hydrogens is 366 g/mol. The molecule has 0 aromatic heterocycles. The van der Waals surface area contributed by atoms with E-state index in [4.69, 9.17) is 4.74 Å². The molecule has 6 heteroatoms. The maximum absolute atomic E-state index is 12.2. The summed E-state index contributed by atoms with van der Waals surface area (Å²) >= 11 is 0. The Kier molecular flexibility index (Phi) is 8.68. The highest BCUT2D eigenvalue weighted by atomic mass is 16.5. The first-order chi connectivity index (χ1) is 13.9. The second kappa shape index (κ2) is 11.2. The number of carbonyl (C=O) groups excluding carboxylic acids is 2. The van der Waals surface area contributed by atoms with Crippen LogP contribution in [0.1, 0.15) is 41.4 Å². The summed E-state index contributed by atoms with van der Waals surface area (Å²) in [5.74, 6) is 0.201. The third-order valence-corrected chi connectivity index (χ3v) is 4.73. The predicted octanol–water partition coefficient (Wildman–Crippen LogP) is 2.80. The number of amides is 2. The van der Waals surface area contributed by atoms with Crippen molar-refractivity contribution in [3.8, 4) is 5.75 Å². The van der Waals surface area contributed by atoms with E-state index in [-0.39, 0.29) is 24.4 Å². The molecule has 2 aromatic carbocycles. The zero-order valence-corrected chi connectivity index (χ0v) is 17.7. The maximum atomic E-state index is 12.2. The highest BCUT2D eigenvalue weighted by molar-refractivity contribution is 5.96. The van der Waals surface area contributed by atoms with E-state index in [1.54, 1.807) is 24.3 Å². The number of carbonyl (C=O) groups is 2. The number of aryl methyl sites for hydroxylation is 1. The first-order valence-electron chi connectivity index (χ1n) is 9.97. The molecule has 2 aromatic rings. The van der Waals surface area contributed by atoms with Crippen molar-refractivity contribution in [1.82, 2.24) is 15.5 Å². The Morgan fingerprint density at radius 3 is 2.17 bits per heavy atom. The molecule has 2 amide bonds. The van der Waals surface area contributed by atoms with E-state index in [1.807, 2.05) is 21.0 Å². The molecule has 0 aliphatic carbocycles. The molecule has 0 heterocycles. The van der Waals surface area contributed by atoms with E-state index >= 15 is 0 Å². The van der Waals surface area contributed by atoms with E-state index in [2.05, 4.69) is 46.7 Å². The van der Waals surface area contributed by atoms with Crippen LogP contribution in [-0.2, 0) is 11.2 Å². The molecule has 0 saturated heterocycles. The summed E-state index contributed by atoms with van der Waals surface area (Å²) in [5.41, 5.74) is 2.92. The van der Waals surface area contributed by atoms with Crippen molar-refractivity contribution in [2.45, 2.75) is 26.3 Å². The van der Waals surface area contributed by atoms with Gasteiger partial charge in [-0.3, -0.25) is 9.59 Å². The van der Waals surface area contributed by atoms with Crippen LogP contribution in [0.2, 0.25) is 0 Å². The van der Waals surface area contributed by atoms with E-state index in [0.29, 0.717) is 24.5 Å². The standard InChI is InChI=1S/C23H31N3O3/c1-5-17-7-9-18(10-8-17)21(26(3)4)15-24-22(27)16-25-23(28)19-11-13-20(14-12-19)29-6-2/h7-14,21H,5-6,15-16H2,1-4H3,(H,24,27)(H,25,28)/t21-/m1/s1. The van der Waals surface area contributed by atoms with E-state index < -0.39 is 0 Å². The van der Waals surface area contributed by atoms with Gasteiger partial charge in [0, 0.05) is 12.1 Å². The van der Waals surface area contributed by atoms with Crippen LogP contribution < -0.4 is 15.4 Å². The van der Waals surface area contributed by atoms with Crippen molar-refractivity contribution in [3.63, 3.8) is 0 Å². The van der Waals surface area contributed by atoms with Gasteiger partial charge in [0.05, 0.1) is 19.2 Å². The predicted molar refractivity (Wildman–Crippen MR) is 115 cm³/mol. The number of ether oxygens (including phenoxy) is 1. The van der Waals surface area contributed by atoms with Gasteiger partial charge in [-0.25, -0.2) is 0 Å². The number of hydrogen-bond acceptors (Lipinski definition) is 4. The molecule has 156 valence electrons. The molecule has 2 rings (SSSR count). The number of hydrogen-bond donors (Lipinski definition) is 2. The molecule has 0 radical (unpaired) electrons. The maximum Gasteiger partial charge on any atom is 0.251 e. The Hall–Kier alpha value is -2.86. The van der Waals surface area contributed by atoms with Crippen LogP contribution in [-0.4, -0.2) is 50.5 Å². The second-order valence-corrected chi connectivity index (χ2v) is 7.02. The summed E-state index contributed by atoms with van der Waals surface area (Å²) in [4.78, 5) is 26.5. The lowest BCUT2D eigenvalue weighted by molar-refractivity contribution is -0.120. The summed E-state index contributed by atoms with van der Waals surface area (Å²) in [5, 5.41) is 5.56. The normalized spacial score (nSPS) is 11.8. The minimum Gasteiger partial charge on any atom is -0.494 e. The second-order valence-electron chi connectivity index (χ2n) is 7.02. The fraction of sp³-hybridized carbons (Fsp3) is 0.391. The number of rotatable bonds is 10. The Labute approximate surface area is 173 Å². The molecule has 2 N–H and O–H groups in total. The molecule has 0 saturated carbocycles. The van der Waals surface area contributed by atoms with Gasteiger partial charge in [0.2, 0.25) is 5.91 Å². The van der Waals surface area contributed by atoms with Crippen LogP contribution in [0.4, 0.5) is 0 Å². The third kappa shape index (κ3) is 6.91. The number of likely N-dealkylation sites (N-methyl/N-ethyl adjacent to an activating group) is 1. The minimum absolute atomic E-state index is 0.0617. The molecule has 0 unspecified atom stereocenters. The lowest BCUT2D eigenvalue weighted by Crippen LogP contribution is -2.40. The quantitative estimate of drug-likeness (QED) is 0.647. The molecular formula is C23H31N3O3. The molecule has 1 atom stereocenters. The summed E-state index contributed by atoms with van der Waals surface area (Å²) < 4.78 is 5.36. The number of nitrogens with zero attached hydrogens (tertiary/aromatic N) is 1. The zero-order chi connectivity index (χ0) is 21.2. The van der Waals surface area contributed by atoms with Crippen molar-refractivity contribution in [2.75, 3.05) is 33.8 Å². The van der Waals surface area contributed by atoms with Crippen LogP contribution in [0.3, 0.4) is 0 Å². The molecule has 6 nitrogen and oxygen atoms in total. The van der Waals surface area contributed by atoms with Gasteiger partial charge in [0.25, 0.3) is 5.91 Å². The van der Waals surface area contributed by atoms with Gasteiger partial charge in [0.1, 0.15) is 5.75 Å². The van der Waals surface area contributed by atoms with E-state index in [9.17, 15) is 9.59 Å². The fourth-order valence-electron chi connectivity index (χ4n) is 2.98. The molecule has 0 bridgehead atoms. The summed E-state index contributed by atoms with van der Waals surface area (Å²) in [7, 11) is 3.97. The Morgan fingerprint density at radius 2 is 1.62 bits per heavy atom. The van der Waals surface area contributed by atoms with Gasteiger partial charge in [-0.15, -0.1) is 0 Å². The van der Waals surface area contributed by atoms with Gasteiger partial charge in [0.15, 0.2) is 0 Å². The lowest BCUT2D eigenvalue weighted by Gasteiger charge is -2.25. The van der Waals surface area contributed by atoms with Gasteiger partial charge < -0.3 is 20.3 Å². The van der Waals surface area contributed by atoms with E-state index in [0.717, 1.165) is 12.0 Å². The molecule has 0 aliphatic heterocycles. The third-order valence-electron chi connectivity index (χ3n) is 4.73. The van der Waals surface area contributed by atoms with Crippen LogP contribution in [0, 0.1) is 0 Å². The smallest absolute Gasteiger partial charge is 0.251 e. The SMILES string of the molecule is CCOc1ccc(C(=O)NCC(=O)NC[C@H](c2ccc(CC)cc2)N(C)C)cc1. The van der Waals surface area contributed by atoms with Crippen molar-refractivity contribution in [3.05, 3.63) is 65.2 Å². The minimum atomic E-state index is -0.289. The van der Waals surface area contributed by atoms with Gasteiger partial charge in [-0.2, -0.15) is 0 Å². The Bertz CT molecular complexity index is 786. The van der Waals surface area contributed by atoms with Gasteiger partial charge in [-0.1, -0.05) is 31.2 Å². The average Bonchev–Trinajstić information content (AvgIpc) is 2.73. The zero-order valence-electron chi connectivity index (χ0n) is 17.7. The fourth-order valence-corrected chi connectivity index (χ4v) is 2.98. The van der Waals surface area contributed by atoms with E-state index in [1.165, 1.54) is 5.56 Å².